The minimum absolute atomic E-state index is 0.0534. The van der Waals surface area contributed by atoms with E-state index in [2.05, 4.69) is 14.2 Å². The molecule has 0 radical (unpaired) electrons. The minimum atomic E-state index is -0.937. The normalized spacial score (nSPS) is 11.4. The second-order valence-corrected chi connectivity index (χ2v) is 2.74. The van der Waals surface area contributed by atoms with Crippen molar-refractivity contribution in [2.75, 3.05) is 7.11 Å². The van der Waals surface area contributed by atoms with Crippen molar-refractivity contribution in [1.82, 2.24) is 0 Å². The number of carbonyl (C=O) groups is 3. The summed E-state index contributed by atoms with van der Waals surface area (Å²) >= 11 is 0. The molecule has 0 aliphatic carbocycles. The van der Waals surface area contributed by atoms with Gasteiger partial charge in [0.05, 0.1) is 20.0 Å². The highest BCUT2D eigenvalue weighted by molar-refractivity contribution is 5.77. The largest absolute Gasteiger partial charge is 0.469 e. The maximum atomic E-state index is 11.0. The number of carbonyl (C=O) groups excluding carboxylic acids is 3. The molecule has 0 saturated carbocycles. The Balaban J connectivity index is 3.73. The van der Waals surface area contributed by atoms with Gasteiger partial charge in [0.15, 0.2) is 0 Å². The second kappa shape index (κ2) is 6.80. The lowest BCUT2D eigenvalue weighted by atomic mass is 10.3. The van der Waals surface area contributed by atoms with Gasteiger partial charge in [0.1, 0.15) is 0 Å². The summed E-state index contributed by atoms with van der Waals surface area (Å²) in [5, 5.41) is 0. The van der Waals surface area contributed by atoms with Gasteiger partial charge in [-0.2, -0.15) is 0 Å². The van der Waals surface area contributed by atoms with E-state index in [-0.39, 0.29) is 12.8 Å². The Hall–Kier alpha value is -1.59. The van der Waals surface area contributed by atoms with Crippen LogP contribution in [0.4, 0.5) is 0 Å². The fourth-order valence-electron chi connectivity index (χ4n) is 0.808. The van der Waals surface area contributed by atoms with E-state index in [0.717, 1.165) is 0 Å². The Labute approximate surface area is 87.5 Å². The number of esters is 3. The first kappa shape index (κ1) is 13.4. The molecule has 86 valence electrons. The van der Waals surface area contributed by atoms with Crippen molar-refractivity contribution in [3.05, 3.63) is 0 Å². The third-order valence-electron chi connectivity index (χ3n) is 1.39. The molecule has 0 aromatic rings. The van der Waals surface area contributed by atoms with Crippen LogP contribution in [0.3, 0.4) is 0 Å². The molecule has 0 fully saturated rings. The molecule has 6 heteroatoms. The third-order valence-corrected chi connectivity index (χ3v) is 1.39. The van der Waals surface area contributed by atoms with E-state index in [4.69, 9.17) is 0 Å². The molecule has 0 saturated heterocycles. The molecule has 0 aromatic carbocycles. The van der Waals surface area contributed by atoms with Crippen molar-refractivity contribution in [2.24, 2.45) is 0 Å². The topological polar surface area (TPSA) is 78.9 Å². The minimum Gasteiger partial charge on any atom is -0.469 e. The van der Waals surface area contributed by atoms with Crippen molar-refractivity contribution in [2.45, 2.75) is 33.0 Å². The van der Waals surface area contributed by atoms with Gasteiger partial charge < -0.3 is 14.2 Å². The van der Waals surface area contributed by atoms with E-state index >= 15 is 0 Å². The molecule has 0 aliphatic rings. The average Bonchev–Trinajstić information content (AvgIpc) is 2.12. The molecule has 0 aromatic heterocycles. The van der Waals surface area contributed by atoms with Crippen LogP contribution in [-0.4, -0.2) is 31.3 Å². The smallest absolute Gasteiger partial charge is 0.309 e. The van der Waals surface area contributed by atoms with Crippen LogP contribution in [-0.2, 0) is 28.6 Å². The van der Waals surface area contributed by atoms with Crippen molar-refractivity contribution in [3.8, 4) is 0 Å². The summed E-state index contributed by atoms with van der Waals surface area (Å²) in [5.41, 5.74) is 0. The summed E-state index contributed by atoms with van der Waals surface area (Å²) in [5.74, 6) is -1.65. The van der Waals surface area contributed by atoms with Gasteiger partial charge in [-0.25, -0.2) is 0 Å². The number of ether oxygens (including phenoxy) is 3. The van der Waals surface area contributed by atoms with Crippen LogP contribution in [0.5, 0.6) is 0 Å². The molecule has 0 N–H and O–H groups in total. The Morgan fingerprint density at radius 3 is 2.07 bits per heavy atom. The van der Waals surface area contributed by atoms with Crippen LogP contribution in [0.1, 0.15) is 26.7 Å². The molecular formula is C9H14O6. The Morgan fingerprint density at radius 1 is 1.07 bits per heavy atom. The van der Waals surface area contributed by atoms with Gasteiger partial charge in [-0.1, -0.05) is 0 Å². The maximum Gasteiger partial charge on any atom is 0.309 e. The molecule has 0 rings (SSSR count). The lowest BCUT2D eigenvalue weighted by Crippen LogP contribution is -2.20. The molecule has 0 aliphatic heterocycles. The van der Waals surface area contributed by atoms with Crippen LogP contribution in [0.2, 0.25) is 0 Å². The summed E-state index contributed by atoms with van der Waals surface area (Å²) in [6.07, 6.45) is -1.09. The Bertz CT molecular complexity index is 247. The highest BCUT2D eigenvalue weighted by Gasteiger charge is 2.13. The van der Waals surface area contributed by atoms with Gasteiger partial charge in [-0.15, -0.1) is 0 Å². The van der Waals surface area contributed by atoms with Crippen molar-refractivity contribution < 1.29 is 28.6 Å². The van der Waals surface area contributed by atoms with E-state index in [1.165, 1.54) is 21.0 Å². The monoisotopic (exact) mass is 218 g/mol. The highest BCUT2D eigenvalue weighted by Crippen LogP contribution is 2.00. The van der Waals surface area contributed by atoms with E-state index in [0.29, 0.717) is 0 Å². The molecule has 1 unspecified atom stereocenters. The molecule has 0 spiro atoms. The number of rotatable bonds is 5. The summed E-state index contributed by atoms with van der Waals surface area (Å²) in [7, 11) is 1.23. The summed E-state index contributed by atoms with van der Waals surface area (Å²) < 4.78 is 13.6. The third kappa shape index (κ3) is 7.48. The van der Waals surface area contributed by atoms with Gasteiger partial charge in [0.2, 0.25) is 6.29 Å². The predicted molar refractivity (Wildman–Crippen MR) is 48.6 cm³/mol. The molecule has 15 heavy (non-hydrogen) atoms. The average molecular weight is 218 g/mol. The van der Waals surface area contributed by atoms with Crippen molar-refractivity contribution >= 4 is 17.9 Å². The first-order valence-corrected chi connectivity index (χ1v) is 4.39. The first-order valence-electron chi connectivity index (χ1n) is 4.39. The molecule has 0 bridgehead atoms. The summed E-state index contributed by atoms with van der Waals surface area (Å²) in [6, 6.07) is 0. The van der Waals surface area contributed by atoms with E-state index < -0.39 is 24.2 Å². The van der Waals surface area contributed by atoms with Gasteiger partial charge in [0, 0.05) is 13.8 Å². The lowest BCUT2D eigenvalue weighted by molar-refractivity contribution is -0.183. The summed E-state index contributed by atoms with van der Waals surface area (Å²) in [4.78, 5) is 32.2. The number of hydrogen-bond donors (Lipinski definition) is 0. The standard InChI is InChI=1S/C9H14O6/c1-6(10)14-7(2)15-9(12)5-4-8(11)13-3/h7H,4-5H2,1-3H3. The summed E-state index contributed by atoms with van der Waals surface area (Å²) in [6.45, 7) is 2.62. The molecule has 0 amide bonds. The van der Waals surface area contributed by atoms with Gasteiger partial charge >= 0.3 is 17.9 Å². The van der Waals surface area contributed by atoms with Crippen LogP contribution in [0.25, 0.3) is 0 Å². The lowest BCUT2D eigenvalue weighted by Gasteiger charge is -2.12. The van der Waals surface area contributed by atoms with E-state index in [1.807, 2.05) is 0 Å². The second-order valence-electron chi connectivity index (χ2n) is 2.74. The zero-order valence-electron chi connectivity index (χ0n) is 8.94. The van der Waals surface area contributed by atoms with Gasteiger partial charge in [0.25, 0.3) is 0 Å². The molecular weight excluding hydrogens is 204 g/mol. The fourth-order valence-corrected chi connectivity index (χ4v) is 0.808. The Kier molecular flexibility index (Phi) is 6.08. The fraction of sp³-hybridized carbons (Fsp3) is 0.667. The maximum absolute atomic E-state index is 11.0. The number of hydrogen-bond acceptors (Lipinski definition) is 6. The Morgan fingerprint density at radius 2 is 1.60 bits per heavy atom. The van der Waals surface area contributed by atoms with Crippen LogP contribution in [0, 0.1) is 0 Å². The van der Waals surface area contributed by atoms with Crippen LogP contribution < -0.4 is 0 Å². The highest BCUT2D eigenvalue weighted by atomic mass is 16.7. The van der Waals surface area contributed by atoms with Crippen LogP contribution >= 0.6 is 0 Å². The van der Waals surface area contributed by atoms with Gasteiger partial charge in [-0.3, -0.25) is 14.4 Å². The number of methoxy groups -OCH3 is 1. The predicted octanol–water partition coefficient (Wildman–Crippen LogP) is 0.392. The molecule has 6 nitrogen and oxygen atoms in total. The van der Waals surface area contributed by atoms with E-state index in [9.17, 15) is 14.4 Å². The zero-order valence-corrected chi connectivity index (χ0v) is 8.94. The van der Waals surface area contributed by atoms with Crippen LogP contribution in [0.15, 0.2) is 0 Å². The van der Waals surface area contributed by atoms with Crippen molar-refractivity contribution in [3.63, 3.8) is 0 Å². The first-order chi connectivity index (χ1) is 6.95. The van der Waals surface area contributed by atoms with E-state index in [1.54, 1.807) is 0 Å². The molecule has 1 atom stereocenters. The SMILES string of the molecule is COC(=O)CCC(=O)OC(C)OC(C)=O. The van der Waals surface area contributed by atoms with Crippen molar-refractivity contribution in [1.29, 1.82) is 0 Å². The molecule has 0 heterocycles. The van der Waals surface area contributed by atoms with Gasteiger partial charge in [-0.05, 0) is 0 Å². The zero-order chi connectivity index (χ0) is 11.8. The quantitative estimate of drug-likeness (QED) is 0.490.